The van der Waals surface area contributed by atoms with Crippen LogP contribution >= 0.6 is 0 Å². The van der Waals surface area contributed by atoms with Crippen LogP contribution in [0.2, 0.25) is 0 Å². The van der Waals surface area contributed by atoms with E-state index in [1.165, 1.54) is 19.3 Å². The van der Waals surface area contributed by atoms with Gasteiger partial charge in [0.25, 0.3) is 0 Å². The molecular weight excluding hydrogens is 196 g/mol. The van der Waals surface area contributed by atoms with Gasteiger partial charge in [0.05, 0.1) is 5.69 Å². The highest BCUT2D eigenvalue weighted by Crippen LogP contribution is 2.37. The summed E-state index contributed by atoms with van der Waals surface area (Å²) in [5, 5.41) is 3.69. The van der Waals surface area contributed by atoms with Crippen LogP contribution in [0.25, 0.3) is 0 Å². The molecule has 0 amide bonds. The number of aromatic nitrogens is 1. The van der Waals surface area contributed by atoms with Gasteiger partial charge in [0.15, 0.2) is 0 Å². The van der Waals surface area contributed by atoms with Gasteiger partial charge < -0.3 is 5.32 Å². The largest absolute Gasteiger partial charge is 0.306 e. The number of nitrogens with one attached hydrogen (secondary N) is 1. The maximum absolute atomic E-state index is 4.39. The molecule has 1 aliphatic carbocycles. The van der Waals surface area contributed by atoms with Gasteiger partial charge in [-0.05, 0) is 43.7 Å². The van der Waals surface area contributed by atoms with Crippen LogP contribution in [0, 0.1) is 5.41 Å². The van der Waals surface area contributed by atoms with Gasteiger partial charge in [0.1, 0.15) is 0 Å². The second-order valence-electron chi connectivity index (χ2n) is 5.75. The molecule has 2 heteroatoms. The Hall–Kier alpha value is -0.890. The summed E-state index contributed by atoms with van der Waals surface area (Å²) in [6.45, 7) is 6.92. The fourth-order valence-electron chi connectivity index (χ4n) is 2.65. The Labute approximate surface area is 98.5 Å². The SMILES string of the molecule is C[C@@H](NC1CCC(C)(C)C1)c1ccccn1. The summed E-state index contributed by atoms with van der Waals surface area (Å²) in [4.78, 5) is 4.39. The molecule has 1 aromatic heterocycles. The molecule has 1 saturated carbocycles. The highest BCUT2D eigenvalue weighted by atomic mass is 15.0. The Morgan fingerprint density at radius 2 is 2.25 bits per heavy atom. The zero-order valence-corrected chi connectivity index (χ0v) is 10.5. The summed E-state index contributed by atoms with van der Waals surface area (Å²) < 4.78 is 0. The lowest BCUT2D eigenvalue weighted by molar-refractivity contribution is 0.355. The van der Waals surface area contributed by atoms with Crippen molar-refractivity contribution in [2.45, 2.75) is 52.1 Å². The number of pyridine rings is 1. The van der Waals surface area contributed by atoms with Gasteiger partial charge >= 0.3 is 0 Å². The first-order valence-corrected chi connectivity index (χ1v) is 6.24. The number of nitrogens with zero attached hydrogens (tertiary/aromatic N) is 1. The fraction of sp³-hybridized carbons (Fsp3) is 0.643. The molecule has 1 N–H and O–H groups in total. The molecule has 16 heavy (non-hydrogen) atoms. The summed E-state index contributed by atoms with van der Waals surface area (Å²) in [7, 11) is 0. The molecule has 2 rings (SSSR count). The molecule has 1 aliphatic rings. The standard InChI is InChI=1S/C14H22N2/c1-11(13-6-4-5-9-15-13)16-12-7-8-14(2,3)10-12/h4-6,9,11-12,16H,7-8,10H2,1-3H3/t11-,12?/m1/s1. The fourth-order valence-corrected chi connectivity index (χ4v) is 2.65. The van der Waals surface area contributed by atoms with Crippen molar-refractivity contribution in [1.82, 2.24) is 10.3 Å². The van der Waals surface area contributed by atoms with Gasteiger partial charge in [-0.2, -0.15) is 0 Å². The predicted octanol–water partition coefficient (Wildman–Crippen LogP) is 3.31. The lowest BCUT2D eigenvalue weighted by atomic mass is 9.92. The average Bonchev–Trinajstić information content (AvgIpc) is 2.59. The van der Waals surface area contributed by atoms with Gasteiger partial charge in [0.2, 0.25) is 0 Å². The summed E-state index contributed by atoms with van der Waals surface area (Å²) >= 11 is 0. The van der Waals surface area contributed by atoms with E-state index < -0.39 is 0 Å². The Morgan fingerprint density at radius 3 is 2.81 bits per heavy atom. The third kappa shape index (κ3) is 2.82. The van der Waals surface area contributed by atoms with E-state index in [1.807, 2.05) is 12.3 Å². The predicted molar refractivity (Wildman–Crippen MR) is 67.2 cm³/mol. The Kier molecular flexibility index (Phi) is 3.29. The number of hydrogen-bond donors (Lipinski definition) is 1. The molecule has 2 atom stereocenters. The van der Waals surface area contributed by atoms with Gasteiger partial charge in [-0.3, -0.25) is 4.98 Å². The smallest absolute Gasteiger partial charge is 0.0570 e. The maximum Gasteiger partial charge on any atom is 0.0570 e. The van der Waals surface area contributed by atoms with Crippen molar-refractivity contribution in [3.8, 4) is 0 Å². The molecule has 2 nitrogen and oxygen atoms in total. The summed E-state index contributed by atoms with van der Waals surface area (Å²) in [5.74, 6) is 0. The van der Waals surface area contributed by atoms with E-state index >= 15 is 0 Å². The first kappa shape index (κ1) is 11.6. The first-order valence-electron chi connectivity index (χ1n) is 6.24. The topological polar surface area (TPSA) is 24.9 Å². The summed E-state index contributed by atoms with van der Waals surface area (Å²) in [6.07, 6.45) is 5.78. The second-order valence-corrected chi connectivity index (χ2v) is 5.75. The summed E-state index contributed by atoms with van der Waals surface area (Å²) in [5.41, 5.74) is 1.66. The van der Waals surface area contributed by atoms with E-state index in [9.17, 15) is 0 Å². The van der Waals surface area contributed by atoms with Crippen LogP contribution in [0.5, 0.6) is 0 Å². The van der Waals surface area contributed by atoms with E-state index in [1.54, 1.807) is 0 Å². The Bertz CT molecular complexity index is 332. The highest BCUT2D eigenvalue weighted by Gasteiger charge is 2.31. The molecule has 0 aliphatic heterocycles. The lowest BCUT2D eigenvalue weighted by Gasteiger charge is -2.21. The van der Waals surface area contributed by atoms with Gasteiger partial charge in [0, 0.05) is 18.3 Å². The van der Waals surface area contributed by atoms with Crippen molar-refractivity contribution in [2.75, 3.05) is 0 Å². The Balaban J connectivity index is 1.91. The van der Waals surface area contributed by atoms with Crippen LogP contribution in [0.3, 0.4) is 0 Å². The molecular formula is C14H22N2. The number of hydrogen-bond acceptors (Lipinski definition) is 2. The van der Waals surface area contributed by atoms with Crippen molar-refractivity contribution in [1.29, 1.82) is 0 Å². The summed E-state index contributed by atoms with van der Waals surface area (Å²) in [6, 6.07) is 7.14. The zero-order chi connectivity index (χ0) is 11.6. The van der Waals surface area contributed by atoms with E-state index in [4.69, 9.17) is 0 Å². The normalized spacial score (nSPS) is 25.6. The molecule has 88 valence electrons. The first-order chi connectivity index (χ1) is 7.57. The molecule has 0 spiro atoms. The van der Waals surface area contributed by atoms with Crippen LogP contribution in [-0.4, -0.2) is 11.0 Å². The lowest BCUT2D eigenvalue weighted by Crippen LogP contribution is -2.30. The molecule has 0 aromatic carbocycles. The minimum atomic E-state index is 0.361. The molecule has 1 fully saturated rings. The van der Waals surface area contributed by atoms with Crippen molar-refractivity contribution >= 4 is 0 Å². The minimum absolute atomic E-state index is 0.361. The number of rotatable bonds is 3. The highest BCUT2D eigenvalue weighted by molar-refractivity contribution is 5.08. The molecule has 1 heterocycles. The average molecular weight is 218 g/mol. The molecule has 0 radical (unpaired) electrons. The van der Waals surface area contributed by atoms with Crippen molar-refractivity contribution in [3.05, 3.63) is 30.1 Å². The second kappa shape index (κ2) is 4.54. The molecule has 0 bridgehead atoms. The third-order valence-corrected chi connectivity index (χ3v) is 3.59. The molecule has 1 aromatic rings. The van der Waals surface area contributed by atoms with Gasteiger partial charge in [-0.25, -0.2) is 0 Å². The molecule has 0 saturated heterocycles. The van der Waals surface area contributed by atoms with Crippen molar-refractivity contribution in [2.24, 2.45) is 5.41 Å². The van der Waals surface area contributed by atoms with Crippen LogP contribution in [-0.2, 0) is 0 Å². The third-order valence-electron chi connectivity index (χ3n) is 3.59. The van der Waals surface area contributed by atoms with E-state index in [0.29, 0.717) is 17.5 Å². The molecule has 1 unspecified atom stereocenters. The quantitative estimate of drug-likeness (QED) is 0.842. The van der Waals surface area contributed by atoms with Crippen molar-refractivity contribution < 1.29 is 0 Å². The van der Waals surface area contributed by atoms with Gasteiger partial charge in [-0.15, -0.1) is 0 Å². The van der Waals surface area contributed by atoms with Crippen LogP contribution < -0.4 is 5.32 Å². The van der Waals surface area contributed by atoms with Crippen LogP contribution in [0.15, 0.2) is 24.4 Å². The van der Waals surface area contributed by atoms with E-state index in [-0.39, 0.29) is 0 Å². The Morgan fingerprint density at radius 1 is 1.44 bits per heavy atom. The monoisotopic (exact) mass is 218 g/mol. The van der Waals surface area contributed by atoms with Crippen LogP contribution in [0.1, 0.15) is 51.8 Å². The van der Waals surface area contributed by atoms with Crippen molar-refractivity contribution in [3.63, 3.8) is 0 Å². The van der Waals surface area contributed by atoms with E-state index in [2.05, 4.69) is 43.2 Å². The zero-order valence-electron chi connectivity index (χ0n) is 10.5. The van der Waals surface area contributed by atoms with Gasteiger partial charge in [-0.1, -0.05) is 19.9 Å². The van der Waals surface area contributed by atoms with Crippen LogP contribution in [0.4, 0.5) is 0 Å². The maximum atomic E-state index is 4.39. The van der Waals surface area contributed by atoms with E-state index in [0.717, 1.165) is 5.69 Å². The minimum Gasteiger partial charge on any atom is -0.306 e.